The maximum absolute atomic E-state index is 6.17. The number of pyridine rings is 1. The van der Waals surface area contributed by atoms with Crippen LogP contribution in [0.5, 0.6) is 0 Å². The minimum absolute atomic E-state index is 0.491. The molecule has 7 aromatic rings. The van der Waals surface area contributed by atoms with Crippen LogP contribution in [0.1, 0.15) is 0 Å². The summed E-state index contributed by atoms with van der Waals surface area (Å²) < 4.78 is 6.17. The van der Waals surface area contributed by atoms with Crippen LogP contribution in [0.15, 0.2) is 138 Å². The van der Waals surface area contributed by atoms with Crippen molar-refractivity contribution in [1.29, 1.82) is 0 Å². The number of benzene rings is 4. The molecule has 5 nitrogen and oxygen atoms in total. The van der Waals surface area contributed by atoms with E-state index >= 15 is 0 Å². The molecule has 184 valence electrons. The van der Waals surface area contributed by atoms with Crippen molar-refractivity contribution in [1.82, 2.24) is 19.9 Å². The molecular weight excluding hydrogens is 480 g/mol. The van der Waals surface area contributed by atoms with E-state index in [1.807, 2.05) is 91.1 Å². The minimum Gasteiger partial charge on any atom is -0.453 e. The highest BCUT2D eigenvalue weighted by Crippen LogP contribution is 2.33. The number of aromatic nitrogens is 4. The number of rotatable bonds is 5. The van der Waals surface area contributed by atoms with Crippen LogP contribution in [0.3, 0.4) is 0 Å². The third kappa shape index (κ3) is 4.47. The fraction of sp³-hybridized carbons (Fsp3) is 0. The molecule has 3 heterocycles. The van der Waals surface area contributed by atoms with Crippen LogP contribution < -0.4 is 0 Å². The van der Waals surface area contributed by atoms with Crippen LogP contribution in [0.4, 0.5) is 0 Å². The number of nitrogens with zero attached hydrogens (tertiary/aromatic N) is 4. The molecular formula is C34H22N4O. The van der Waals surface area contributed by atoms with Gasteiger partial charge in [-0.25, -0.2) is 15.0 Å². The molecule has 39 heavy (non-hydrogen) atoms. The molecule has 0 unspecified atom stereocenters. The van der Waals surface area contributed by atoms with Gasteiger partial charge in [0.25, 0.3) is 0 Å². The van der Waals surface area contributed by atoms with E-state index in [-0.39, 0.29) is 0 Å². The molecule has 0 saturated carbocycles. The van der Waals surface area contributed by atoms with E-state index in [4.69, 9.17) is 19.4 Å². The van der Waals surface area contributed by atoms with E-state index in [0.29, 0.717) is 23.2 Å². The second-order valence-corrected chi connectivity index (χ2v) is 9.19. The van der Waals surface area contributed by atoms with E-state index in [9.17, 15) is 0 Å². The lowest BCUT2D eigenvalue weighted by Crippen LogP contribution is -2.00. The SMILES string of the molecule is c1ccc(-c2ccccc2-c2nc(-c3ccc(-c4cccnc4)cc3)nc(-c3cc4ccccc4o3)n2)cc1. The Kier molecular flexibility index (Phi) is 5.72. The van der Waals surface area contributed by atoms with Gasteiger partial charge in [0, 0.05) is 28.9 Å². The summed E-state index contributed by atoms with van der Waals surface area (Å²) in [6.07, 6.45) is 3.63. The first-order valence-corrected chi connectivity index (χ1v) is 12.7. The van der Waals surface area contributed by atoms with Crippen LogP contribution in [0.2, 0.25) is 0 Å². The lowest BCUT2D eigenvalue weighted by Gasteiger charge is -2.11. The molecule has 5 heteroatoms. The highest BCUT2D eigenvalue weighted by molar-refractivity contribution is 5.84. The number of para-hydroxylation sites is 1. The Bertz CT molecular complexity index is 1860. The van der Waals surface area contributed by atoms with Gasteiger partial charge in [0.15, 0.2) is 23.2 Å². The van der Waals surface area contributed by atoms with E-state index in [1.165, 1.54) is 0 Å². The fourth-order valence-corrected chi connectivity index (χ4v) is 4.72. The molecule has 0 aliphatic rings. The lowest BCUT2D eigenvalue weighted by atomic mass is 9.99. The van der Waals surface area contributed by atoms with Gasteiger partial charge in [0.2, 0.25) is 0 Å². The smallest absolute Gasteiger partial charge is 0.199 e. The molecule has 0 aliphatic heterocycles. The molecule has 0 fully saturated rings. The Labute approximate surface area is 225 Å². The Balaban J connectivity index is 1.40. The topological polar surface area (TPSA) is 64.7 Å². The van der Waals surface area contributed by atoms with Crippen molar-refractivity contribution in [3.63, 3.8) is 0 Å². The summed E-state index contributed by atoms with van der Waals surface area (Å²) in [7, 11) is 0. The van der Waals surface area contributed by atoms with Gasteiger partial charge >= 0.3 is 0 Å². The highest BCUT2D eigenvalue weighted by Gasteiger charge is 2.17. The number of furan rings is 1. The first-order valence-electron chi connectivity index (χ1n) is 12.7. The third-order valence-corrected chi connectivity index (χ3v) is 6.67. The average Bonchev–Trinajstić information content (AvgIpc) is 3.47. The predicted octanol–water partition coefficient (Wildman–Crippen LogP) is 8.35. The molecule has 3 aromatic heterocycles. The van der Waals surface area contributed by atoms with Crippen LogP contribution in [-0.4, -0.2) is 19.9 Å². The van der Waals surface area contributed by atoms with Gasteiger partial charge in [-0.15, -0.1) is 0 Å². The van der Waals surface area contributed by atoms with Gasteiger partial charge in [0.05, 0.1) is 0 Å². The lowest BCUT2D eigenvalue weighted by molar-refractivity contribution is 0.625. The summed E-state index contributed by atoms with van der Waals surface area (Å²) in [5, 5.41) is 1.00. The third-order valence-electron chi connectivity index (χ3n) is 6.67. The Morgan fingerprint density at radius 1 is 0.462 bits per heavy atom. The standard InChI is InChI=1S/C34H22N4O/c1-2-9-24(10-3-1)28-13-5-6-14-29(28)33-36-32(25-18-16-23(17-19-25)27-12-8-20-35-22-27)37-34(38-33)31-21-26-11-4-7-15-30(26)39-31/h1-22H. The first-order chi connectivity index (χ1) is 19.3. The molecule has 0 bridgehead atoms. The van der Waals surface area contributed by atoms with E-state index in [0.717, 1.165) is 44.3 Å². The van der Waals surface area contributed by atoms with Crippen LogP contribution >= 0.6 is 0 Å². The molecule has 0 radical (unpaired) electrons. The molecule has 4 aromatic carbocycles. The van der Waals surface area contributed by atoms with E-state index in [2.05, 4.69) is 41.4 Å². The summed E-state index contributed by atoms with van der Waals surface area (Å²) in [5.41, 5.74) is 6.89. The fourth-order valence-electron chi connectivity index (χ4n) is 4.72. The maximum Gasteiger partial charge on any atom is 0.199 e. The molecule has 0 N–H and O–H groups in total. The Hall–Kier alpha value is -5.42. The van der Waals surface area contributed by atoms with Gasteiger partial charge in [-0.1, -0.05) is 103 Å². The summed E-state index contributed by atoms with van der Waals surface area (Å²) in [6, 6.07) is 40.5. The summed E-state index contributed by atoms with van der Waals surface area (Å²) >= 11 is 0. The van der Waals surface area contributed by atoms with Gasteiger partial charge in [-0.3, -0.25) is 4.98 Å². The monoisotopic (exact) mass is 502 g/mol. The largest absolute Gasteiger partial charge is 0.453 e. The van der Waals surface area contributed by atoms with Crippen molar-refractivity contribution in [2.45, 2.75) is 0 Å². The first kappa shape index (κ1) is 22.8. The summed E-state index contributed by atoms with van der Waals surface area (Å²) in [4.78, 5) is 19.0. The zero-order valence-electron chi connectivity index (χ0n) is 20.9. The van der Waals surface area contributed by atoms with Gasteiger partial charge in [0.1, 0.15) is 5.58 Å². The molecule has 0 spiro atoms. The van der Waals surface area contributed by atoms with Crippen LogP contribution in [0, 0.1) is 0 Å². The molecule has 0 atom stereocenters. The van der Waals surface area contributed by atoms with Crippen LogP contribution in [0.25, 0.3) is 67.6 Å². The average molecular weight is 503 g/mol. The van der Waals surface area contributed by atoms with E-state index < -0.39 is 0 Å². The molecule has 7 rings (SSSR count). The van der Waals surface area contributed by atoms with Crippen molar-refractivity contribution in [2.75, 3.05) is 0 Å². The second kappa shape index (κ2) is 9.80. The molecule has 0 saturated heterocycles. The van der Waals surface area contributed by atoms with Crippen molar-refractivity contribution in [3.05, 3.63) is 134 Å². The molecule has 0 aliphatic carbocycles. The summed E-state index contributed by atoms with van der Waals surface area (Å²) in [6.45, 7) is 0. The Morgan fingerprint density at radius 2 is 1.13 bits per heavy atom. The number of fused-ring (bicyclic) bond motifs is 1. The Morgan fingerprint density at radius 3 is 1.92 bits per heavy atom. The number of hydrogen-bond acceptors (Lipinski definition) is 5. The van der Waals surface area contributed by atoms with E-state index in [1.54, 1.807) is 6.20 Å². The zero-order valence-corrected chi connectivity index (χ0v) is 20.9. The molecule has 0 amide bonds. The van der Waals surface area contributed by atoms with Crippen molar-refractivity contribution in [2.24, 2.45) is 0 Å². The van der Waals surface area contributed by atoms with Crippen molar-refractivity contribution in [3.8, 4) is 56.6 Å². The van der Waals surface area contributed by atoms with Gasteiger partial charge in [-0.05, 0) is 40.5 Å². The predicted molar refractivity (Wildman–Crippen MR) is 155 cm³/mol. The minimum atomic E-state index is 0.491. The van der Waals surface area contributed by atoms with Crippen molar-refractivity contribution >= 4 is 11.0 Å². The number of hydrogen-bond donors (Lipinski definition) is 0. The quantitative estimate of drug-likeness (QED) is 0.237. The van der Waals surface area contributed by atoms with Gasteiger partial charge in [-0.2, -0.15) is 0 Å². The summed E-state index contributed by atoms with van der Waals surface area (Å²) in [5.74, 6) is 2.26. The normalized spacial score (nSPS) is 11.1. The van der Waals surface area contributed by atoms with Crippen molar-refractivity contribution < 1.29 is 4.42 Å². The highest BCUT2D eigenvalue weighted by atomic mass is 16.3. The maximum atomic E-state index is 6.17. The second-order valence-electron chi connectivity index (χ2n) is 9.19. The van der Waals surface area contributed by atoms with Crippen LogP contribution in [-0.2, 0) is 0 Å². The van der Waals surface area contributed by atoms with Gasteiger partial charge < -0.3 is 4.42 Å². The zero-order chi connectivity index (χ0) is 26.0.